The van der Waals surface area contributed by atoms with Gasteiger partial charge in [-0.2, -0.15) is 4.98 Å². The minimum atomic E-state index is 0.0967. The lowest BCUT2D eigenvalue weighted by atomic mass is 10.0. The van der Waals surface area contributed by atoms with E-state index < -0.39 is 0 Å². The summed E-state index contributed by atoms with van der Waals surface area (Å²) in [6.07, 6.45) is 3.29. The molecule has 0 bridgehead atoms. The second kappa shape index (κ2) is 7.29. The first-order chi connectivity index (χ1) is 11.2. The highest BCUT2D eigenvalue weighted by atomic mass is 16.5. The van der Waals surface area contributed by atoms with Crippen molar-refractivity contribution >= 4 is 6.03 Å². The van der Waals surface area contributed by atoms with Crippen LogP contribution in [0.2, 0.25) is 0 Å². The number of carbonyl (C=O) groups is 1. The number of amides is 2. The lowest BCUT2D eigenvalue weighted by molar-refractivity contribution is 0.107. The van der Waals surface area contributed by atoms with Crippen molar-refractivity contribution in [1.29, 1.82) is 0 Å². The van der Waals surface area contributed by atoms with Crippen LogP contribution in [0, 0.1) is 5.92 Å². The van der Waals surface area contributed by atoms with Gasteiger partial charge in [0.1, 0.15) is 0 Å². The molecule has 2 aliphatic rings. The maximum Gasteiger partial charge on any atom is 0.320 e. The van der Waals surface area contributed by atoms with Gasteiger partial charge in [-0.05, 0) is 32.6 Å². The van der Waals surface area contributed by atoms with Gasteiger partial charge in [0.2, 0.25) is 5.89 Å². The molecule has 2 fully saturated rings. The highest BCUT2D eigenvalue weighted by Gasteiger charge is 2.36. The van der Waals surface area contributed by atoms with E-state index in [0.717, 1.165) is 25.6 Å². The number of hydrogen-bond donors (Lipinski definition) is 0. The maximum atomic E-state index is 12.2. The van der Waals surface area contributed by atoms with E-state index in [1.165, 1.54) is 12.8 Å². The summed E-state index contributed by atoms with van der Waals surface area (Å²) in [7, 11) is 0. The summed E-state index contributed by atoms with van der Waals surface area (Å²) in [5, 5.41) is 4.01. The molecule has 3 rings (SSSR count). The third-order valence-electron chi connectivity index (χ3n) is 4.54. The molecule has 1 saturated heterocycles. The van der Waals surface area contributed by atoms with Crippen molar-refractivity contribution in [2.24, 2.45) is 5.92 Å². The second-order valence-corrected chi connectivity index (χ2v) is 6.37. The van der Waals surface area contributed by atoms with E-state index in [9.17, 15) is 4.79 Å². The van der Waals surface area contributed by atoms with Crippen molar-refractivity contribution in [2.45, 2.75) is 39.0 Å². The lowest BCUT2D eigenvalue weighted by Gasteiger charge is -2.39. The molecule has 0 unspecified atom stereocenters. The van der Waals surface area contributed by atoms with E-state index >= 15 is 0 Å². The van der Waals surface area contributed by atoms with Crippen LogP contribution in [0.4, 0.5) is 4.79 Å². The fraction of sp³-hybridized carbons (Fsp3) is 0.812. The fourth-order valence-corrected chi connectivity index (χ4v) is 2.72. The molecule has 7 heteroatoms. The predicted molar refractivity (Wildman–Crippen MR) is 84.2 cm³/mol. The first-order valence-corrected chi connectivity index (χ1v) is 8.65. The lowest BCUT2D eigenvalue weighted by Crippen LogP contribution is -2.53. The fourth-order valence-electron chi connectivity index (χ4n) is 2.72. The Kier molecular flexibility index (Phi) is 5.15. The van der Waals surface area contributed by atoms with E-state index in [2.05, 4.69) is 10.1 Å². The standard InChI is InChI=1S/C16H26N4O3/c1-3-19(4-2)16(21)20-9-13(10-20)15-17-14(18-23-15)7-8-22-11-12-5-6-12/h12-13H,3-11H2,1-2H3. The number of nitrogens with zero attached hydrogens (tertiary/aromatic N) is 4. The van der Waals surface area contributed by atoms with Gasteiger partial charge >= 0.3 is 6.03 Å². The topological polar surface area (TPSA) is 71.7 Å². The molecule has 2 amide bonds. The first-order valence-electron chi connectivity index (χ1n) is 8.65. The minimum Gasteiger partial charge on any atom is -0.381 e. The smallest absolute Gasteiger partial charge is 0.320 e. The molecule has 1 aliphatic heterocycles. The highest BCUT2D eigenvalue weighted by Crippen LogP contribution is 2.29. The van der Waals surface area contributed by atoms with Gasteiger partial charge in [0, 0.05) is 39.2 Å². The molecular weight excluding hydrogens is 296 g/mol. The molecule has 0 atom stereocenters. The Morgan fingerprint density at radius 2 is 2.09 bits per heavy atom. The average Bonchev–Trinajstić information content (AvgIpc) is 3.22. The molecule has 7 nitrogen and oxygen atoms in total. The Balaban J connectivity index is 1.40. The quantitative estimate of drug-likeness (QED) is 0.684. The summed E-state index contributed by atoms with van der Waals surface area (Å²) in [5.41, 5.74) is 0. The van der Waals surface area contributed by atoms with E-state index in [1.54, 1.807) is 0 Å². The normalized spacial score (nSPS) is 18.1. The van der Waals surface area contributed by atoms with Crippen molar-refractivity contribution in [3.8, 4) is 0 Å². The van der Waals surface area contributed by atoms with Gasteiger partial charge in [0.05, 0.1) is 12.5 Å². The summed E-state index contributed by atoms with van der Waals surface area (Å²) in [6.45, 7) is 8.29. The van der Waals surface area contributed by atoms with Gasteiger partial charge in [0.25, 0.3) is 0 Å². The van der Waals surface area contributed by atoms with Crippen molar-refractivity contribution in [1.82, 2.24) is 19.9 Å². The van der Waals surface area contributed by atoms with Gasteiger partial charge in [0.15, 0.2) is 5.82 Å². The van der Waals surface area contributed by atoms with E-state index in [1.807, 2.05) is 23.6 Å². The number of urea groups is 1. The van der Waals surface area contributed by atoms with E-state index in [4.69, 9.17) is 9.26 Å². The summed E-state index contributed by atoms with van der Waals surface area (Å²) < 4.78 is 10.9. The molecular formula is C16H26N4O3. The van der Waals surface area contributed by atoms with Crippen LogP contribution >= 0.6 is 0 Å². The Morgan fingerprint density at radius 3 is 2.74 bits per heavy atom. The number of aromatic nitrogens is 2. The Labute approximate surface area is 137 Å². The molecule has 23 heavy (non-hydrogen) atoms. The summed E-state index contributed by atoms with van der Waals surface area (Å²) in [6, 6.07) is 0.0967. The third kappa shape index (κ3) is 4.02. The van der Waals surface area contributed by atoms with Crippen LogP contribution in [0.15, 0.2) is 4.52 Å². The van der Waals surface area contributed by atoms with E-state index in [-0.39, 0.29) is 11.9 Å². The summed E-state index contributed by atoms with van der Waals surface area (Å²) >= 11 is 0. The molecule has 2 heterocycles. The molecule has 1 aromatic heterocycles. The van der Waals surface area contributed by atoms with Crippen molar-refractivity contribution in [3.05, 3.63) is 11.7 Å². The van der Waals surface area contributed by atoms with Crippen LogP contribution in [0.1, 0.15) is 44.3 Å². The number of rotatable bonds is 8. The van der Waals surface area contributed by atoms with Crippen molar-refractivity contribution < 1.29 is 14.1 Å². The second-order valence-electron chi connectivity index (χ2n) is 6.37. The highest BCUT2D eigenvalue weighted by molar-refractivity contribution is 5.75. The Morgan fingerprint density at radius 1 is 1.35 bits per heavy atom. The monoisotopic (exact) mass is 322 g/mol. The zero-order chi connectivity index (χ0) is 16.2. The van der Waals surface area contributed by atoms with Crippen LogP contribution in [-0.2, 0) is 11.2 Å². The van der Waals surface area contributed by atoms with Crippen LogP contribution < -0.4 is 0 Å². The van der Waals surface area contributed by atoms with Crippen LogP contribution in [0.25, 0.3) is 0 Å². The zero-order valence-corrected chi connectivity index (χ0v) is 14.0. The van der Waals surface area contributed by atoms with Gasteiger partial charge < -0.3 is 19.1 Å². The number of ether oxygens (including phenoxy) is 1. The van der Waals surface area contributed by atoms with Gasteiger partial charge in [-0.3, -0.25) is 0 Å². The molecule has 0 aromatic carbocycles. The number of hydrogen-bond acceptors (Lipinski definition) is 5. The van der Waals surface area contributed by atoms with Crippen molar-refractivity contribution in [2.75, 3.05) is 39.4 Å². The molecule has 0 radical (unpaired) electrons. The molecule has 1 aliphatic carbocycles. The predicted octanol–water partition coefficient (Wildman–Crippen LogP) is 1.90. The molecule has 0 N–H and O–H groups in total. The zero-order valence-electron chi connectivity index (χ0n) is 14.0. The van der Waals surface area contributed by atoms with Crippen LogP contribution in [0.3, 0.4) is 0 Å². The molecule has 1 saturated carbocycles. The Hall–Kier alpha value is -1.63. The third-order valence-corrected chi connectivity index (χ3v) is 4.54. The number of likely N-dealkylation sites (tertiary alicyclic amines) is 1. The Bertz CT molecular complexity index is 519. The first kappa shape index (κ1) is 16.2. The van der Waals surface area contributed by atoms with E-state index in [0.29, 0.717) is 37.8 Å². The SMILES string of the molecule is CCN(CC)C(=O)N1CC(c2nc(CCOCC3CC3)no2)C1. The van der Waals surface area contributed by atoms with Gasteiger partial charge in [-0.25, -0.2) is 4.79 Å². The van der Waals surface area contributed by atoms with Gasteiger partial charge in [-0.15, -0.1) is 0 Å². The molecule has 1 aromatic rings. The summed E-state index contributed by atoms with van der Waals surface area (Å²) in [5.74, 6) is 2.29. The minimum absolute atomic E-state index is 0.0967. The van der Waals surface area contributed by atoms with Crippen LogP contribution in [-0.4, -0.2) is 65.4 Å². The van der Waals surface area contributed by atoms with Crippen molar-refractivity contribution in [3.63, 3.8) is 0 Å². The molecule has 128 valence electrons. The van der Waals surface area contributed by atoms with Gasteiger partial charge in [-0.1, -0.05) is 5.16 Å². The average molecular weight is 322 g/mol. The number of carbonyl (C=O) groups excluding carboxylic acids is 1. The van der Waals surface area contributed by atoms with Crippen LogP contribution in [0.5, 0.6) is 0 Å². The largest absolute Gasteiger partial charge is 0.381 e. The maximum absolute atomic E-state index is 12.2. The summed E-state index contributed by atoms with van der Waals surface area (Å²) in [4.78, 5) is 20.3. The molecule has 0 spiro atoms.